The van der Waals surface area contributed by atoms with Gasteiger partial charge in [-0.3, -0.25) is 0 Å². The number of hydrogen-bond acceptors (Lipinski definition) is 4. The van der Waals surface area contributed by atoms with Gasteiger partial charge in [-0.1, -0.05) is 66.7 Å². The molecule has 0 bridgehead atoms. The van der Waals surface area contributed by atoms with E-state index in [1.165, 1.54) is 30.3 Å². The third-order valence-electron chi connectivity index (χ3n) is 4.51. The molecule has 0 fully saturated rings. The van der Waals surface area contributed by atoms with E-state index in [2.05, 4.69) is 0 Å². The van der Waals surface area contributed by atoms with Crippen molar-refractivity contribution in [3.63, 3.8) is 0 Å². The molecule has 6 heteroatoms. The molecule has 4 rings (SSSR count). The monoisotopic (exact) mass is 408 g/mol. The molecule has 0 atom stereocenters. The molecule has 4 nitrogen and oxygen atoms in total. The molecule has 0 amide bonds. The zero-order valence-corrected chi connectivity index (χ0v) is 16.3. The predicted octanol–water partition coefficient (Wildman–Crippen LogP) is 4.51. The van der Waals surface area contributed by atoms with Crippen LogP contribution in [-0.4, -0.2) is 16.8 Å². The molecule has 0 saturated carbocycles. The van der Waals surface area contributed by atoms with Crippen LogP contribution in [0.5, 0.6) is 0 Å². The normalized spacial score (nSPS) is 12.1. The number of sulfone groups is 2. The van der Waals surface area contributed by atoms with Crippen LogP contribution >= 0.6 is 0 Å². The smallest absolute Gasteiger partial charge is 0.208 e. The summed E-state index contributed by atoms with van der Waals surface area (Å²) in [4.78, 5) is -0.312. The summed E-state index contributed by atoms with van der Waals surface area (Å²) in [6, 6.07) is 25.6. The highest BCUT2D eigenvalue weighted by Gasteiger charge is 2.31. The summed E-state index contributed by atoms with van der Waals surface area (Å²) >= 11 is 0. The maximum Gasteiger partial charge on any atom is 0.208 e. The zero-order valence-electron chi connectivity index (χ0n) is 14.7. The van der Waals surface area contributed by atoms with E-state index in [1.807, 2.05) is 0 Å². The van der Waals surface area contributed by atoms with E-state index < -0.39 is 19.7 Å². The highest BCUT2D eigenvalue weighted by molar-refractivity contribution is 7.94. The molecule has 140 valence electrons. The maximum atomic E-state index is 13.5. The molecule has 0 heterocycles. The summed E-state index contributed by atoms with van der Waals surface area (Å²) in [6.45, 7) is 0. The Kier molecular flexibility index (Phi) is 4.53. The van der Waals surface area contributed by atoms with Crippen LogP contribution < -0.4 is 0 Å². The highest BCUT2D eigenvalue weighted by Crippen LogP contribution is 2.36. The van der Waals surface area contributed by atoms with Gasteiger partial charge in [0.05, 0.1) is 19.6 Å². The van der Waals surface area contributed by atoms with Crippen molar-refractivity contribution in [3.8, 4) is 0 Å². The minimum absolute atomic E-state index is 0.0507. The Labute approximate surface area is 163 Å². The van der Waals surface area contributed by atoms with E-state index in [-0.39, 0.29) is 19.6 Å². The minimum Gasteiger partial charge on any atom is -0.218 e. The van der Waals surface area contributed by atoms with Gasteiger partial charge < -0.3 is 0 Å². The summed E-state index contributed by atoms with van der Waals surface area (Å²) in [6.07, 6.45) is 0. The lowest BCUT2D eigenvalue weighted by Crippen LogP contribution is -2.11. The van der Waals surface area contributed by atoms with Gasteiger partial charge in [0.2, 0.25) is 19.7 Å². The third kappa shape index (κ3) is 3.00. The largest absolute Gasteiger partial charge is 0.218 e. The second kappa shape index (κ2) is 6.89. The molecule has 4 aromatic rings. The first-order chi connectivity index (χ1) is 13.4. The fraction of sp³-hybridized carbons (Fsp3) is 0. The van der Waals surface area contributed by atoms with Gasteiger partial charge in [-0.25, -0.2) is 16.8 Å². The number of fused-ring (bicyclic) bond motifs is 1. The summed E-state index contributed by atoms with van der Waals surface area (Å²) < 4.78 is 53.6. The van der Waals surface area contributed by atoms with Crippen LogP contribution in [0.25, 0.3) is 10.8 Å². The molecule has 28 heavy (non-hydrogen) atoms. The maximum absolute atomic E-state index is 13.5. The van der Waals surface area contributed by atoms with Crippen LogP contribution in [-0.2, 0) is 19.7 Å². The lowest BCUT2D eigenvalue weighted by Gasteiger charge is -2.14. The van der Waals surface area contributed by atoms with Gasteiger partial charge in [0.25, 0.3) is 0 Å². The zero-order chi connectivity index (χ0) is 19.8. The van der Waals surface area contributed by atoms with E-state index in [9.17, 15) is 16.8 Å². The van der Waals surface area contributed by atoms with E-state index >= 15 is 0 Å². The van der Waals surface area contributed by atoms with Crippen LogP contribution in [0, 0.1) is 0 Å². The second-order valence-corrected chi connectivity index (χ2v) is 10.1. The third-order valence-corrected chi connectivity index (χ3v) is 8.32. The quantitative estimate of drug-likeness (QED) is 0.498. The number of benzene rings is 4. The molecule has 0 aromatic heterocycles. The molecule has 0 radical (unpaired) electrons. The minimum atomic E-state index is -4.07. The van der Waals surface area contributed by atoms with Gasteiger partial charge in [0.15, 0.2) is 0 Å². The van der Waals surface area contributed by atoms with E-state index in [4.69, 9.17) is 0 Å². The molecule has 0 unspecified atom stereocenters. The van der Waals surface area contributed by atoms with Crippen molar-refractivity contribution in [1.82, 2.24) is 0 Å². The molecule has 0 aliphatic rings. The Bertz CT molecular complexity index is 1360. The van der Waals surface area contributed by atoms with Crippen molar-refractivity contribution in [2.24, 2.45) is 0 Å². The number of hydrogen-bond donors (Lipinski definition) is 0. The van der Waals surface area contributed by atoms with Gasteiger partial charge in [-0.05, 0) is 35.7 Å². The van der Waals surface area contributed by atoms with E-state index in [0.717, 1.165) is 0 Å². The van der Waals surface area contributed by atoms with Crippen LogP contribution in [0.1, 0.15) is 0 Å². The van der Waals surface area contributed by atoms with Crippen LogP contribution in [0.3, 0.4) is 0 Å². The topological polar surface area (TPSA) is 68.3 Å². The average Bonchev–Trinajstić information content (AvgIpc) is 2.74. The van der Waals surface area contributed by atoms with E-state index in [0.29, 0.717) is 10.8 Å². The lowest BCUT2D eigenvalue weighted by atomic mass is 10.1. The van der Waals surface area contributed by atoms with Gasteiger partial charge in [0.1, 0.15) is 0 Å². The Morgan fingerprint density at radius 1 is 0.464 bits per heavy atom. The summed E-state index contributed by atoms with van der Waals surface area (Å²) in [5.74, 6) is 0. The van der Waals surface area contributed by atoms with Crippen LogP contribution in [0.2, 0.25) is 0 Å². The molecule has 0 aliphatic heterocycles. The van der Waals surface area contributed by atoms with Crippen molar-refractivity contribution in [2.45, 2.75) is 19.6 Å². The standard InChI is InChI=1S/C22H16O4S2/c23-27(24,18-10-3-1-4-11-18)21-16-15-17-9-7-8-14-20(17)22(21)28(25,26)19-12-5-2-6-13-19/h1-16H. The molecule has 0 saturated heterocycles. The van der Waals surface area contributed by atoms with Gasteiger partial charge >= 0.3 is 0 Å². The molecular weight excluding hydrogens is 392 g/mol. The summed E-state index contributed by atoms with van der Waals surface area (Å²) in [7, 11) is -8.10. The lowest BCUT2D eigenvalue weighted by molar-refractivity contribution is 0.584. The Morgan fingerprint density at radius 3 is 1.57 bits per heavy atom. The van der Waals surface area contributed by atoms with Crippen molar-refractivity contribution < 1.29 is 16.8 Å². The van der Waals surface area contributed by atoms with Crippen molar-refractivity contribution in [3.05, 3.63) is 97.1 Å². The SMILES string of the molecule is O=S(=O)(c1ccccc1)c1ccc2ccccc2c1S(=O)(=O)c1ccccc1. The van der Waals surface area contributed by atoms with Crippen molar-refractivity contribution in [1.29, 1.82) is 0 Å². The van der Waals surface area contributed by atoms with Crippen molar-refractivity contribution >= 4 is 30.4 Å². The van der Waals surface area contributed by atoms with Gasteiger partial charge in [0, 0.05) is 5.39 Å². The van der Waals surface area contributed by atoms with E-state index in [1.54, 1.807) is 66.7 Å². The fourth-order valence-corrected chi connectivity index (χ4v) is 6.74. The van der Waals surface area contributed by atoms with Crippen molar-refractivity contribution in [2.75, 3.05) is 0 Å². The fourth-order valence-electron chi connectivity index (χ4n) is 3.16. The Balaban J connectivity index is 2.12. The highest BCUT2D eigenvalue weighted by atomic mass is 32.2. The molecule has 0 N–H and O–H groups in total. The first-order valence-electron chi connectivity index (χ1n) is 8.54. The first kappa shape index (κ1) is 18.4. The predicted molar refractivity (Wildman–Crippen MR) is 108 cm³/mol. The number of rotatable bonds is 4. The second-order valence-electron chi connectivity index (χ2n) is 6.25. The first-order valence-corrected chi connectivity index (χ1v) is 11.5. The Morgan fingerprint density at radius 2 is 0.964 bits per heavy atom. The van der Waals surface area contributed by atoms with Gasteiger partial charge in [-0.15, -0.1) is 0 Å². The Hall–Kier alpha value is -2.96. The van der Waals surface area contributed by atoms with Crippen LogP contribution in [0.15, 0.2) is 117 Å². The molecule has 0 aliphatic carbocycles. The molecule has 0 spiro atoms. The van der Waals surface area contributed by atoms with Gasteiger partial charge in [-0.2, -0.15) is 0 Å². The van der Waals surface area contributed by atoms with Crippen LogP contribution in [0.4, 0.5) is 0 Å². The molecular formula is C22H16O4S2. The summed E-state index contributed by atoms with van der Waals surface area (Å²) in [5.41, 5.74) is 0. The average molecular weight is 409 g/mol. The molecule has 4 aromatic carbocycles. The summed E-state index contributed by atoms with van der Waals surface area (Å²) in [5, 5.41) is 1.03.